The molecule has 1 rings (SSSR count). The molecule has 4 nitrogen and oxygen atoms in total. The van der Waals surface area contributed by atoms with Crippen LogP contribution in [0, 0.1) is 0 Å². The zero-order valence-corrected chi connectivity index (χ0v) is 9.79. The van der Waals surface area contributed by atoms with Gasteiger partial charge in [-0.1, -0.05) is 0 Å². The van der Waals surface area contributed by atoms with Crippen LogP contribution >= 0.6 is 0 Å². The molecule has 0 aromatic carbocycles. The minimum Gasteiger partial charge on any atom is -0.348 e. The second kappa shape index (κ2) is 6.34. The predicted molar refractivity (Wildman–Crippen MR) is 59.7 cm³/mol. The number of rotatable bonds is 5. The van der Waals surface area contributed by atoms with Crippen molar-refractivity contribution in [2.45, 2.75) is 19.1 Å². The highest BCUT2D eigenvalue weighted by molar-refractivity contribution is 5.78. The van der Waals surface area contributed by atoms with Gasteiger partial charge in [0.2, 0.25) is 5.91 Å². The molecule has 0 aliphatic rings. The Bertz CT molecular complexity index is 381. The van der Waals surface area contributed by atoms with E-state index in [1.54, 1.807) is 31.5 Å². The summed E-state index contributed by atoms with van der Waals surface area (Å²) in [5.74, 6) is -0.483. The Morgan fingerprint density at radius 3 is 2.56 bits per heavy atom. The van der Waals surface area contributed by atoms with Crippen LogP contribution in [-0.4, -0.2) is 30.2 Å². The van der Waals surface area contributed by atoms with Gasteiger partial charge < -0.3 is 10.6 Å². The first-order valence-corrected chi connectivity index (χ1v) is 5.35. The average molecular weight is 261 g/mol. The van der Waals surface area contributed by atoms with Gasteiger partial charge in [-0.2, -0.15) is 13.2 Å². The fourth-order valence-electron chi connectivity index (χ4n) is 1.35. The van der Waals surface area contributed by atoms with Gasteiger partial charge in [0.1, 0.15) is 0 Å². The monoisotopic (exact) mass is 261 g/mol. The molecular formula is C11H14F3N3O. The summed E-state index contributed by atoms with van der Waals surface area (Å²) >= 11 is 0. The summed E-state index contributed by atoms with van der Waals surface area (Å²) in [6.45, 7) is 0.204. The molecule has 1 atom stereocenters. The number of nitrogens with zero attached hydrogens (tertiary/aromatic N) is 1. The van der Waals surface area contributed by atoms with E-state index in [0.717, 1.165) is 5.56 Å². The van der Waals surface area contributed by atoms with Gasteiger partial charge in [-0.05, 0) is 24.6 Å². The average Bonchev–Trinajstić information content (AvgIpc) is 2.28. The van der Waals surface area contributed by atoms with E-state index in [1.165, 1.54) is 0 Å². The molecule has 0 saturated heterocycles. The van der Waals surface area contributed by atoms with Crippen LogP contribution < -0.4 is 10.6 Å². The lowest BCUT2D eigenvalue weighted by Crippen LogP contribution is -2.39. The summed E-state index contributed by atoms with van der Waals surface area (Å²) < 4.78 is 35.5. The van der Waals surface area contributed by atoms with E-state index in [4.69, 9.17) is 0 Å². The van der Waals surface area contributed by atoms with E-state index in [2.05, 4.69) is 10.3 Å². The third-order valence-electron chi connectivity index (χ3n) is 2.19. The Kier molecular flexibility index (Phi) is 5.08. The van der Waals surface area contributed by atoms with Crippen molar-refractivity contribution in [3.8, 4) is 0 Å². The van der Waals surface area contributed by atoms with Crippen LogP contribution in [0.5, 0.6) is 0 Å². The summed E-state index contributed by atoms with van der Waals surface area (Å²) in [4.78, 5) is 15.2. The van der Waals surface area contributed by atoms with Gasteiger partial charge >= 0.3 is 6.18 Å². The molecule has 2 N–H and O–H groups in total. The second-order valence-corrected chi connectivity index (χ2v) is 3.79. The van der Waals surface area contributed by atoms with Crippen molar-refractivity contribution in [3.05, 3.63) is 30.1 Å². The first-order chi connectivity index (χ1) is 8.38. The van der Waals surface area contributed by atoms with Gasteiger partial charge in [-0.15, -0.1) is 0 Å². The zero-order valence-electron chi connectivity index (χ0n) is 9.79. The molecule has 7 heteroatoms. The number of alkyl halides is 3. The lowest BCUT2D eigenvalue weighted by Gasteiger charge is -2.14. The van der Waals surface area contributed by atoms with Crippen LogP contribution in [0.1, 0.15) is 18.5 Å². The Hall–Kier alpha value is -1.63. The van der Waals surface area contributed by atoms with Crippen molar-refractivity contribution in [1.29, 1.82) is 0 Å². The van der Waals surface area contributed by atoms with Crippen molar-refractivity contribution in [3.63, 3.8) is 0 Å². The van der Waals surface area contributed by atoms with E-state index in [9.17, 15) is 18.0 Å². The topological polar surface area (TPSA) is 54.0 Å². The number of halogens is 3. The molecule has 0 aliphatic heterocycles. The van der Waals surface area contributed by atoms with Crippen molar-refractivity contribution >= 4 is 5.91 Å². The van der Waals surface area contributed by atoms with Crippen LogP contribution in [0.25, 0.3) is 0 Å². The maximum absolute atomic E-state index is 11.8. The van der Waals surface area contributed by atoms with Crippen molar-refractivity contribution in [1.82, 2.24) is 15.6 Å². The molecule has 0 aliphatic carbocycles. The van der Waals surface area contributed by atoms with E-state index >= 15 is 0 Å². The summed E-state index contributed by atoms with van der Waals surface area (Å²) in [5.41, 5.74) is 0.842. The predicted octanol–water partition coefficient (Wildman–Crippen LogP) is 1.41. The number of carbonyl (C=O) groups is 1. The quantitative estimate of drug-likeness (QED) is 0.842. The first-order valence-electron chi connectivity index (χ1n) is 5.35. The minimum absolute atomic E-state index is 0.270. The molecule has 1 amide bonds. The van der Waals surface area contributed by atoms with Crippen LogP contribution in [0.15, 0.2) is 24.5 Å². The van der Waals surface area contributed by atoms with Gasteiger partial charge in [0.15, 0.2) is 0 Å². The lowest BCUT2D eigenvalue weighted by atomic mass is 10.1. The third-order valence-corrected chi connectivity index (χ3v) is 2.19. The highest BCUT2D eigenvalue weighted by atomic mass is 19.4. The molecule has 1 aromatic rings. The molecule has 0 bridgehead atoms. The zero-order chi connectivity index (χ0) is 13.6. The van der Waals surface area contributed by atoms with Crippen LogP contribution in [0.4, 0.5) is 13.2 Å². The molecule has 1 heterocycles. The number of aromatic nitrogens is 1. The summed E-state index contributed by atoms with van der Waals surface area (Å²) in [6.07, 6.45) is -1.14. The second-order valence-electron chi connectivity index (χ2n) is 3.79. The maximum Gasteiger partial charge on any atom is 0.401 e. The van der Waals surface area contributed by atoms with Gasteiger partial charge in [-0.3, -0.25) is 9.78 Å². The SMILES string of the molecule is C[C@@H](NC(=O)CNCC(F)(F)F)c1ccncc1. The number of pyridine rings is 1. The Labute approximate surface area is 103 Å². The van der Waals surface area contributed by atoms with E-state index in [-0.39, 0.29) is 12.6 Å². The van der Waals surface area contributed by atoms with Crippen LogP contribution in [-0.2, 0) is 4.79 Å². The van der Waals surface area contributed by atoms with E-state index in [1.807, 2.05) is 5.32 Å². The fraction of sp³-hybridized carbons (Fsp3) is 0.455. The van der Waals surface area contributed by atoms with Gasteiger partial charge in [0, 0.05) is 12.4 Å². The van der Waals surface area contributed by atoms with Gasteiger partial charge in [0.25, 0.3) is 0 Å². The summed E-state index contributed by atoms with van der Waals surface area (Å²) in [5, 5.41) is 4.62. The lowest BCUT2D eigenvalue weighted by molar-refractivity contribution is -0.128. The number of amides is 1. The third kappa shape index (κ3) is 5.62. The number of nitrogens with one attached hydrogen (secondary N) is 2. The fourth-order valence-corrected chi connectivity index (χ4v) is 1.35. The van der Waals surface area contributed by atoms with Crippen LogP contribution in [0.2, 0.25) is 0 Å². The minimum atomic E-state index is -4.31. The Morgan fingerprint density at radius 1 is 1.39 bits per heavy atom. The molecule has 1 aromatic heterocycles. The highest BCUT2D eigenvalue weighted by Crippen LogP contribution is 2.12. The summed E-state index contributed by atoms with van der Waals surface area (Å²) in [6, 6.07) is 3.19. The molecule has 100 valence electrons. The Morgan fingerprint density at radius 2 is 2.00 bits per heavy atom. The van der Waals surface area contributed by atoms with Gasteiger partial charge in [0.05, 0.1) is 19.1 Å². The molecule has 0 spiro atoms. The molecule has 0 saturated carbocycles. The normalized spacial score (nSPS) is 13.1. The van der Waals surface area contributed by atoms with Crippen molar-refractivity contribution < 1.29 is 18.0 Å². The molecule has 0 radical (unpaired) electrons. The summed E-state index contributed by atoms with van der Waals surface area (Å²) in [7, 11) is 0. The first kappa shape index (κ1) is 14.4. The Balaban J connectivity index is 2.32. The number of carbonyl (C=O) groups excluding carboxylic acids is 1. The van der Waals surface area contributed by atoms with E-state index < -0.39 is 18.6 Å². The maximum atomic E-state index is 11.8. The standard InChI is InChI=1S/C11H14F3N3O/c1-8(9-2-4-15-5-3-9)17-10(18)6-16-7-11(12,13)14/h2-5,8,16H,6-7H2,1H3,(H,17,18)/t8-/m1/s1. The van der Waals surface area contributed by atoms with Crippen molar-refractivity contribution in [2.75, 3.05) is 13.1 Å². The largest absolute Gasteiger partial charge is 0.401 e. The highest BCUT2D eigenvalue weighted by Gasteiger charge is 2.26. The van der Waals surface area contributed by atoms with Gasteiger partial charge in [-0.25, -0.2) is 0 Å². The number of hydrogen-bond donors (Lipinski definition) is 2. The van der Waals surface area contributed by atoms with Crippen LogP contribution in [0.3, 0.4) is 0 Å². The van der Waals surface area contributed by atoms with Crippen molar-refractivity contribution in [2.24, 2.45) is 0 Å². The molecular weight excluding hydrogens is 247 g/mol. The number of hydrogen-bond acceptors (Lipinski definition) is 3. The smallest absolute Gasteiger partial charge is 0.348 e. The molecule has 0 unspecified atom stereocenters. The van der Waals surface area contributed by atoms with E-state index in [0.29, 0.717) is 0 Å². The molecule has 0 fully saturated rings. The molecule has 18 heavy (non-hydrogen) atoms.